The summed E-state index contributed by atoms with van der Waals surface area (Å²) in [5, 5.41) is 11.8. The van der Waals surface area contributed by atoms with Gasteiger partial charge in [-0.2, -0.15) is 0 Å². The maximum absolute atomic E-state index is 13.6. The lowest BCUT2D eigenvalue weighted by molar-refractivity contribution is 0.102. The van der Waals surface area contributed by atoms with Gasteiger partial charge in [0.1, 0.15) is 11.6 Å². The molecule has 0 aliphatic heterocycles. The molecule has 0 spiro atoms. The minimum atomic E-state index is -0.786. The van der Waals surface area contributed by atoms with Crippen LogP contribution in [-0.2, 0) is 0 Å². The van der Waals surface area contributed by atoms with E-state index < -0.39 is 11.7 Å². The summed E-state index contributed by atoms with van der Waals surface area (Å²) in [6.07, 6.45) is 0. The maximum atomic E-state index is 13.6. The third kappa shape index (κ3) is 2.56. The maximum Gasteiger partial charge on any atom is 0.258 e. The predicted octanol–water partition coefficient (Wildman–Crippen LogP) is 2.98. The fourth-order valence-electron chi connectivity index (χ4n) is 1.87. The van der Waals surface area contributed by atoms with Gasteiger partial charge in [0.05, 0.1) is 16.9 Å². The molecule has 1 amide bonds. The number of nitrogens with one attached hydrogen (secondary N) is 1. The third-order valence-electron chi connectivity index (χ3n) is 3.20. The fraction of sp³-hybridized carbons (Fsp3) is 0.133. The van der Waals surface area contributed by atoms with Crippen LogP contribution in [0.2, 0.25) is 0 Å². The number of nitrogens with two attached hydrogens (primary N) is 1. The number of phenols is 1. The monoisotopic (exact) mass is 274 g/mol. The summed E-state index contributed by atoms with van der Waals surface area (Å²) in [6.45, 7) is 3.72. The van der Waals surface area contributed by atoms with E-state index in [4.69, 9.17) is 10.8 Å². The van der Waals surface area contributed by atoms with Crippen molar-refractivity contribution in [3.63, 3.8) is 0 Å². The number of phenolic OH excluding ortho intramolecular Hbond substituents is 1. The fourth-order valence-corrected chi connectivity index (χ4v) is 1.87. The van der Waals surface area contributed by atoms with Crippen molar-refractivity contribution in [2.75, 3.05) is 11.1 Å². The second-order valence-corrected chi connectivity index (χ2v) is 4.59. The number of halogens is 1. The third-order valence-corrected chi connectivity index (χ3v) is 3.20. The average molecular weight is 274 g/mol. The van der Waals surface area contributed by atoms with Crippen LogP contribution in [0.15, 0.2) is 30.3 Å². The van der Waals surface area contributed by atoms with Crippen LogP contribution in [0.1, 0.15) is 21.5 Å². The van der Waals surface area contributed by atoms with Crippen molar-refractivity contribution in [2.45, 2.75) is 13.8 Å². The van der Waals surface area contributed by atoms with Crippen molar-refractivity contribution in [1.29, 1.82) is 0 Å². The van der Waals surface area contributed by atoms with E-state index in [9.17, 15) is 9.18 Å². The molecule has 5 heteroatoms. The molecule has 0 aromatic heterocycles. The minimum absolute atomic E-state index is 0.150. The zero-order valence-corrected chi connectivity index (χ0v) is 11.2. The van der Waals surface area contributed by atoms with Crippen LogP contribution in [0.3, 0.4) is 0 Å². The van der Waals surface area contributed by atoms with Crippen LogP contribution < -0.4 is 11.1 Å². The lowest BCUT2D eigenvalue weighted by Crippen LogP contribution is -2.16. The molecule has 0 fully saturated rings. The van der Waals surface area contributed by atoms with Crippen molar-refractivity contribution in [1.82, 2.24) is 0 Å². The van der Waals surface area contributed by atoms with Gasteiger partial charge in [-0.3, -0.25) is 4.79 Å². The van der Waals surface area contributed by atoms with Crippen LogP contribution >= 0.6 is 0 Å². The summed E-state index contributed by atoms with van der Waals surface area (Å²) in [4.78, 5) is 12.1. The molecule has 104 valence electrons. The SMILES string of the molecule is Cc1ccc(N)c(NC(=O)c2ccc(O)cc2F)c1C. The van der Waals surface area contributed by atoms with E-state index in [1.165, 1.54) is 12.1 Å². The molecule has 4 N–H and O–H groups in total. The number of amides is 1. The zero-order chi connectivity index (χ0) is 14.9. The van der Waals surface area contributed by atoms with Crippen molar-refractivity contribution < 1.29 is 14.3 Å². The number of carbonyl (C=O) groups is 1. The van der Waals surface area contributed by atoms with Gasteiger partial charge in [0, 0.05) is 6.07 Å². The number of hydrogen-bond acceptors (Lipinski definition) is 3. The van der Waals surface area contributed by atoms with Gasteiger partial charge in [-0.05, 0) is 43.2 Å². The summed E-state index contributed by atoms with van der Waals surface area (Å²) in [7, 11) is 0. The molecule has 2 rings (SSSR count). The topological polar surface area (TPSA) is 75.3 Å². The van der Waals surface area contributed by atoms with E-state index in [2.05, 4.69) is 5.32 Å². The van der Waals surface area contributed by atoms with Gasteiger partial charge < -0.3 is 16.2 Å². The molecule has 2 aromatic rings. The molecule has 0 radical (unpaired) electrons. The number of rotatable bonds is 2. The van der Waals surface area contributed by atoms with Gasteiger partial charge in [0.25, 0.3) is 5.91 Å². The average Bonchev–Trinajstić information content (AvgIpc) is 2.39. The van der Waals surface area contributed by atoms with E-state index in [1.54, 1.807) is 6.07 Å². The molecule has 0 bridgehead atoms. The number of nitrogen functional groups attached to an aromatic ring is 1. The second-order valence-electron chi connectivity index (χ2n) is 4.59. The molecule has 0 aliphatic carbocycles. The van der Waals surface area contributed by atoms with Crippen molar-refractivity contribution in [3.8, 4) is 5.75 Å². The summed E-state index contributed by atoms with van der Waals surface area (Å²) in [5.41, 5.74) is 8.38. The molecule has 0 unspecified atom stereocenters. The molecule has 0 saturated carbocycles. The molecule has 2 aromatic carbocycles. The van der Waals surface area contributed by atoms with Crippen molar-refractivity contribution in [3.05, 3.63) is 52.8 Å². The number of hydrogen-bond donors (Lipinski definition) is 3. The number of benzene rings is 2. The van der Waals surface area contributed by atoms with Gasteiger partial charge in [0.2, 0.25) is 0 Å². The Kier molecular flexibility index (Phi) is 3.61. The summed E-state index contributed by atoms with van der Waals surface area (Å²) in [5.74, 6) is -1.63. The first-order valence-electron chi connectivity index (χ1n) is 6.05. The Morgan fingerprint density at radius 2 is 1.95 bits per heavy atom. The van der Waals surface area contributed by atoms with E-state index in [1.807, 2.05) is 19.9 Å². The van der Waals surface area contributed by atoms with E-state index >= 15 is 0 Å². The van der Waals surface area contributed by atoms with Crippen LogP contribution in [0.4, 0.5) is 15.8 Å². The highest BCUT2D eigenvalue weighted by molar-refractivity contribution is 6.06. The first kappa shape index (κ1) is 13.9. The Hall–Kier alpha value is -2.56. The predicted molar refractivity (Wildman–Crippen MR) is 76.3 cm³/mol. The van der Waals surface area contributed by atoms with Crippen molar-refractivity contribution >= 4 is 17.3 Å². The van der Waals surface area contributed by atoms with Gasteiger partial charge in [0.15, 0.2) is 0 Å². The Morgan fingerprint density at radius 1 is 1.25 bits per heavy atom. The highest BCUT2D eigenvalue weighted by Crippen LogP contribution is 2.27. The molecule has 0 heterocycles. The molecule has 0 saturated heterocycles. The zero-order valence-electron chi connectivity index (χ0n) is 11.2. The summed E-state index contributed by atoms with van der Waals surface area (Å²) < 4.78 is 13.6. The Labute approximate surface area is 116 Å². The van der Waals surface area contributed by atoms with Crippen LogP contribution in [-0.4, -0.2) is 11.0 Å². The highest BCUT2D eigenvalue weighted by Gasteiger charge is 2.15. The number of carbonyl (C=O) groups excluding carboxylic acids is 1. The number of aryl methyl sites for hydroxylation is 1. The lowest BCUT2D eigenvalue weighted by Gasteiger charge is -2.13. The number of anilines is 2. The molecule has 0 aliphatic rings. The van der Waals surface area contributed by atoms with Gasteiger partial charge >= 0.3 is 0 Å². The van der Waals surface area contributed by atoms with Crippen LogP contribution in [0, 0.1) is 19.7 Å². The van der Waals surface area contributed by atoms with Gasteiger partial charge in [-0.15, -0.1) is 0 Å². The highest BCUT2D eigenvalue weighted by atomic mass is 19.1. The summed E-state index contributed by atoms with van der Waals surface area (Å²) >= 11 is 0. The van der Waals surface area contributed by atoms with Gasteiger partial charge in [-0.1, -0.05) is 6.07 Å². The van der Waals surface area contributed by atoms with Crippen LogP contribution in [0.25, 0.3) is 0 Å². The minimum Gasteiger partial charge on any atom is -0.508 e. The first-order chi connectivity index (χ1) is 9.40. The molecule has 20 heavy (non-hydrogen) atoms. The van der Waals surface area contributed by atoms with Crippen LogP contribution in [0.5, 0.6) is 5.75 Å². The molecule has 0 atom stereocenters. The standard InChI is InChI=1S/C15H15FN2O2/c1-8-3-6-13(17)14(9(8)2)18-15(20)11-5-4-10(19)7-12(11)16/h3-7,19H,17H2,1-2H3,(H,18,20). The Bertz CT molecular complexity index is 684. The Morgan fingerprint density at radius 3 is 2.60 bits per heavy atom. The van der Waals surface area contributed by atoms with Gasteiger partial charge in [-0.25, -0.2) is 4.39 Å². The summed E-state index contributed by atoms with van der Waals surface area (Å²) in [6, 6.07) is 6.90. The molecular formula is C15H15FN2O2. The quantitative estimate of drug-likeness (QED) is 0.737. The number of aromatic hydroxyl groups is 1. The lowest BCUT2D eigenvalue weighted by atomic mass is 10.1. The largest absolute Gasteiger partial charge is 0.508 e. The molecular weight excluding hydrogens is 259 g/mol. The Balaban J connectivity index is 2.35. The normalized spacial score (nSPS) is 10.3. The van der Waals surface area contributed by atoms with E-state index in [0.29, 0.717) is 11.4 Å². The smallest absolute Gasteiger partial charge is 0.258 e. The first-order valence-corrected chi connectivity index (χ1v) is 6.05. The van der Waals surface area contributed by atoms with E-state index in [0.717, 1.165) is 17.2 Å². The van der Waals surface area contributed by atoms with E-state index in [-0.39, 0.29) is 11.3 Å². The molecule has 4 nitrogen and oxygen atoms in total. The second kappa shape index (κ2) is 5.21. The van der Waals surface area contributed by atoms with Crippen molar-refractivity contribution in [2.24, 2.45) is 0 Å².